The van der Waals surface area contributed by atoms with Gasteiger partial charge >= 0.3 is 0 Å². The number of nitrogens with one attached hydrogen (secondary N) is 1. The zero-order valence-corrected chi connectivity index (χ0v) is 11.4. The first kappa shape index (κ1) is 13.8. The van der Waals surface area contributed by atoms with E-state index in [4.69, 9.17) is 0 Å². The molecule has 0 amide bonds. The Morgan fingerprint density at radius 3 is 2.63 bits per heavy atom. The predicted molar refractivity (Wildman–Crippen MR) is 74.0 cm³/mol. The summed E-state index contributed by atoms with van der Waals surface area (Å²) in [7, 11) is 0. The summed E-state index contributed by atoms with van der Waals surface area (Å²) in [6.07, 6.45) is 2.28. The Bertz CT molecular complexity index is 508. The molecule has 1 aromatic carbocycles. The number of nitriles is 1. The summed E-state index contributed by atoms with van der Waals surface area (Å²) < 4.78 is 0. The third-order valence-electron chi connectivity index (χ3n) is 2.92. The summed E-state index contributed by atoms with van der Waals surface area (Å²) in [6, 6.07) is 9.20. The van der Waals surface area contributed by atoms with Gasteiger partial charge < -0.3 is 0 Å². The van der Waals surface area contributed by atoms with Gasteiger partial charge in [0.15, 0.2) is 0 Å². The average molecular weight is 277 g/mol. The molecule has 1 fully saturated rings. The SMILES string of the molecule is CC(C#N)(CSc1ccc([N+](=O)[O-])cc1)NC1CC1. The number of hydrogen-bond donors (Lipinski definition) is 1. The Morgan fingerprint density at radius 2 is 2.16 bits per heavy atom. The normalized spacial score (nSPS) is 17.5. The molecule has 6 heteroatoms. The number of benzene rings is 1. The van der Waals surface area contributed by atoms with Crippen LogP contribution in [0, 0.1) is 21.4 Å². The molecule has 1 aliphatic rings. The van der Waals surface area contributed by atoms with E-state index in [1.54, 1.807) is 12.1 Å². The standard InChI is InChI=1S/C13H15N3O2S/c1-13(8-14,15-10-2-3-10)9-19-12-6-4-11(5-7-12)16(17)18/h4-7,10,15H,2-3,9H2,1H3. The van der Waals surface area contributed by atoms with Crippen LogP contribution in [0.3, 0.4) is 0 Å². The van der Waals surface area contributed by atoms with Gasteiger partial charge in [0.2, 0.25) is 0 Å². The molecule has 0 heterocycles. The fraction of sp³-hybridized carbons (Fsp3) is 0.462. The second kappa shape index (κ2) is 5.59. The lowest BCUT2D eigenvalue weighted by Crippen LogP contribution is -2.44. The molecule has 1 unspecified atom stereocenters. The Hall–Kier alpha value is -1.58. The van der Waals surface area contributed by atoms with Gasteiger partial charge in [-0.2, -0.15) is 5.26 Å². The van der Waals surface area contributed by atoms with E-state index in [-0.39, 0.29) is 5.69 Å². The largest absolute Gasteiger partial charge is 0.296 e. The van der Waals surface area contributed by atoms with Crippen LogP contribution in [0.25, 0.3) is 0 Å². The Kier molecular flexibility index (Phi) is 4.08. The minimum atomic E-state index is -0.548. The van der Waals surface area contributed by atoms with Crippen molar-refractivity contribution >= 4 is 17.4 Å². The predicted octanol–water partition coefficient (Wildman–Crippen LogP) is 2.72. The first-order valence-corrected chi connectivity index (χ1v) is 7.07. The third kappa shape index (κ3) is 3.94. The maximum Gasteiger partial charge on any atom is 0.269 e. The van der Waals surface area contributed by atoms with Crippen molar-refractivity contribution in [2.24, 2.45) is 0 Å². The maximum atomic E-state index is 10.5. The summed E-state index contributed by atoms with van der Waals surface area (Å²) in [6.45, 7) is 1.89. The van der Waals surface area contributed by atoms with Crippen molar-refractivity contribution in [1.29, 1.82) is 5.26 Å². The Balaban J connectivity index is 1.93. The lowest BCUT2D eigenvalue weighted by molar-refractivity contribution is -0.384. The van der Waals surface area contributed by atoms with Gasteiger partial charge in [0.1, 0.15) is 5.54 Å². The fourth-order valence-electron chi connectivity index (χ4n) is 1.68. The summed E-state index contributed by atoms with van der Waals surface area (Å²) in [5, 5.41) is 23.1. The van der Waals surface area contributed by atoms with Crippen LogP contribution in [0.4, 0.5) is 5.69 Å². The van der Waals surface area contributed by atoms with Crippen molar-refractivity contribution in [1.82, 2.24) is 5.32 Å². The molecule has 1 aromatic rings. The molecule has 1 N–H and O–H groups in total. The van der Waals surface area contributed by atoms with Crippen molar-refractivity contribution in [2.75, 3.05) is 5.75 Å². The van der Waals surface area contributed by atoms with Gasteiger partial charge in [-0.15, -0.1) is 11.8 Å². The molecule has 0 saturated heterocycles. The van der Waals surface area contributed by atoms with E-state index in [2.05, 4.69) is 11.4 Å². The van der Waals surface area contributed by atoms with Gasteiger partial charge in [0.05, 0.1) is 11.0 Å². The third-order valence-corrected chi connectivity index (χ3v) is 4.25. The van der Waals surface area contributed by atoms with Gasteiger partial charge in [-0.3, -0.25) is 15.4 Å². The van der Waals surface area contributed by atoms with Crippen LogP contribution >= 0.6 is 11.8 Å². The van der Waals surface area contributed by atoms with Crippen LogP contribution in [-0.2, 0) is 0 Å². The molecule has 5 nitrogen and oxygen atoms in total. The van der Waals surface area contributed by atoms with Crippen molar-refractivity contribution in [2.45, 2.75) is 36.2 Å². The molecule has 0 radical (unpaired) electrons. The van der Waals surface area contributed by atoms with Crippen LogP contribution in [-0.4, -0.2) is 22.3 Å². The molecule has 1 atom stereocenters. The lowest BCUT2D eigenvalue weighted by Gasteiger charge is -2.22. The zero-order chi connectivity index (χ0) is 13.9. The molecule has 1 aliphatic carbocycles. The topological polar surface area (TPSA) is 79.0 Å². The van der Waals surface area contributed by atoms with Crippen LogP contribution in [0.15, 0.2) is 29.2 Å². The van der Waals surface area contributed by atoms with Gasteiger partial charge in [-0.05, 0) is 31.9 Å². The highest BCUT2D eigenvalue weighted by molar-refractivity contribution is 7.99. The molecule has 19 heavy (non-hydrogen) atoms. The van der Waals surface area contributed by atoms with E-state index in [9.17, 15) is 15.4 Å². The summed E-state index contributed by atoms with van der Waals surface area (Å²) in [4.78, 5) is 11.1. The summed E-state index contributed by atoms with van der Waals surface area (Å²) >= 11 is 1.53. The highest BCUT2D eigenvalue weighted by Gasteiger charge is 2.32. The Labute approximate surface area is 116 Å². The highest BCUT2D eigenvalue weighted by atomic mass is 32.2. The van der Waals surface area contributed by atoms with E-state index in [0.717, 1.165) is 17.7 Å². The van der Waals surface area contributed by atoms with Crippen molar-refractivity contribution in [3.8, 4) is 6.07 Å². The van der Waals surface area contributed by atoms with Gasteiger partial charge in [0, 0.05) is 28.8 Å². The van der Waals surface area contributed by atoms with Crippen LogP contribution in [0.1, 0.15) is 19.8 Å². The molecule has 0 aliphatic heterocycles. The monoisotopic (exact) mass is 277 g/mol. The van der Waals surface area contributed by atoms with Gasteiger partial charge in [0.25, 0.3) is 5.69 Å². The molecule has 100 valence electrons. The minimum Gasteiger partial charge on any atom is -0.296 e. The molecule has 0 spiro atoms. The van der Waals surface area contributed by atoms with Crippen molar-refractivity contribution in [3.05, 3.63) is 34.4 Å². The van der Waals surface area contributed by atoms with Crippen molar-refractivity contribution in [3.63, 3.8) is 0 Å². The molecule has 2 rings (SSSR count). The molecule has 1 saturated carbocycles. The van der Waals surface area contributed by atoms with E-state index in [1.807, 2.05) is 6.92 Å². The number of thioether (sulfide) groups is 1. The van der Waals surface area contributed by atoms with Crippen molar-refractivity contribution < 1.29 is 4.92 Å². The van der Waals surface area contributed by atoms with Crippen LogP contribution in [0.5, 0.6) is 0 Å². The van der Waals surface area contributed by atoms with Crippen LogP contribution in [0.2, 0.25) is 0 Å². The lowest BCUT2D eigenvalue weighted by atomic mass is 10.1. The highest BCUT2D eigenvalue weighted by Crippen LogP contribution is 2.28. The van der Waals surface area contributed by atoms with Gasteiger partial charge in [-0.25, -0.2) is 0 Å². The smallest absolute Gasteiger partial charge is 0.269 e. The molecule has 0 bridgehead atoms. The second-order valence-corrected chi connectivity index (χ2v) is 5.95. The summed E-state index contributed by atoms with van der Waals surface area (Å²) in [5.41, 5.74) is -0.461. The summed E-state index contributed by atoms with van der Waals surface area (Å²) in [5.74, 6) is 0.623. The molecular weight excluding hydrogens is 262 g/mol. The maximum absolute atomic E-state index is 10.5. The molecule has 0 aromatic heterocycles. The van der Waals surface area contributed by atoms with E-state index < -0.39 is 10.5 Å². The number of nitro benzene ring substituents is 1. The van der Waals surface area contributed by atoms with E-state index >= 15 is 0 Å². The number of non-ortho nitro benzene ring substituents is 1. The van der Waals surface area contributed by atoms with E-state index in [0.29, 0.717) is 11.8 Å². The first-order chi connectivity index (χ1) is 9.02. The first-order valence-electron chi connectivity index (χ1n) is 6.09. The average Bonchev–Trinajstić information content (AvgIpc) is 3.21. The minimum absolute atomic E-state index is 0.0866. The number of nitro groups is 1. The molecular formula is C13H15N3O2S. The Morgan fingerprint density at radius 1 is 1.53 bits per heavy atom. The fourth-order valence-corrected chi connectivity index (χ4v) is 2.61. The zero-order valence-electron chi connectivity index (χ0n) is 10.6. The number of hydrogen-bond acceptors (Lipinski definition) is 5. The second-order valence-electron chi connectivity index (χ2n) is 4.90. The quantitative estimate of drug-likeness (QED) is 0.491. The number of rotatable bonds is 6. The number of nitrogens with zero attached hydrogens (tertiary/aromatic N) is 2. The van der Waals surface area contributed by atoms with Crippen LogP contribution < -0.4 is 5.32 Å². The van der Waals surface area contributed by atoms with E-state index in [1.165, 1.54) is 23.9 Å². The van der Waals surface area contributed by atoms with Gasteiger partial charge in [-0.1, -0.05) is 0 Å².